The van der Waals surface area contributed by atoms with Gasteiger partial charge in [-0.25, -0.2) is 10.8 Å². The molecule has 2 saturated heterocycles. The molecule has 0 radical (unpaired) electrons. The topological polar surface area (TPSA) is 100 Å². The Morgan fingerprint density at radius 1 is 1.48 bits per heavy atom. The lowest BCUT2D eigenvalue weighted by Crippen LogP contribution is -2.55. The second-order valence-electron chi connectivity index (χ2n) is 5.56. The van der Waals surface area contributed by atoms with Crippen LogP contribution in [0.1, 0.15) is 29.6 Å². The van der Waals surface area contributed by atoms with Crippen LogP contribution < -0.4 is 16.6 Å². The molecular formula is C14H19N5O2. The molecule has 2 atom stereocenters. The van der Waals surface area contributed by atoms with Gasteiger partial charge in [0.25, 0.3) is 5.91 Å². The first-order chi connectivity index (χ1) is 10.2. The molecule has 2 unspecified atom stereocenters. The smallest absolute Gasteiger partial charge is 0.257 e. The van der Waals surface area contributed by atoms with Gasteiger partial charge in [-0.3, -0.25) is 9.59 Å². The van der Waals surface area contributed by atoms with Gasteiger partial charge < -0.3 is 15.6 Å². The number of nitrogens with two attached hydrogens (primary N) is 1. The van der Waals surface area contributed by atoms with E-state index in [-0.39, 0.29) is 17.9 Å². The minimum Gasteiger partial charge on any atom is -0.353 e. The van der Waals surface area contributed by atoms with Crippen molar-refractivity contribution in [1.82, 2.24) is 15.2 Å². The molecule has 112 valence electrons. The fraction of sp³-hybridized carbons (Fsp3) is 0.500. The summed E-state index contributed by atoms with van der Waals surface area (Å²) >= 11 is 0. The number of nitrogens with one attached hydrogen (secondary N) is 2. The van der Waals surface area contributed by atoms with Gasteiger partial charge in [-0.2, -0.15) is 0 Å². The number of nitrogen functional groups attached to an aromatic ring is 1. The van der Waals surface area contributed by atoms with E-state index in [2.05, 4.69) is 15.7 Å². The van der Waals surface area contributed by atoms with Gasteiger partial charge in [0.2, 0.25) is 5.91 Å². The number of carbonyl (C=O) groups excluding carboxylic acids is 2. The van der Waals surface area contributed by atoms with Crippen LogP contribution in [0.15, 0.2) is 18.3 Å². The molecule has 7 nitrogen and oxygen atoms in total. The number of piperidine rings is 2. The van der Waals surface area contributed by atoms with E-state index < -0.39 is 0 Å². The molecule has 4 N–H and O–H groups in total. The zero-order valence-electron chi connectivity index (χ0n) is 11.7. The van der Waals surface area contributed by atoms with Crippen LogP contribution in [-0.4, -0.2) is 40.8 Å². The molecule has 1 aromatic heterocycles. The molecule has 2 aliphatic rings. The van der Waals surface area contributed by atoms with Crippen molar-refractivity contribution < 1.29 is 9.59 Å². The Balaban J connectivity index is 1.73. The maximum Gasteiger partial charge on any atom is 0.257 e. The Bertz CT molecular complexity index is 562. The van der Waals surface area contributed by atoms with Gasteiger partial charge in [-0.05, 0) is 30.9 Å². The van der Waals surface area contributed by atoms with Crippen LogP contribution in [0, 0.1) is 5.92 Å². The van der Waals surface area contributed by atoms with Crippen LogP contribution in [-0.2, 0) is 4.79 Å². The number of likely N-dealkylation sites (tertiary alicyclic amines) is 1. The summed E-state index contributed by atoms with van der Waals surface area (Å²) in [4.78, 5) is 29.9. The summed E-state index contributed by atoms with van der Waals surface area (Å²) in [6.45, 7) is 1.31. The van der Waals surface area contributed by atoms with Crippen molar-refractivity contribution >= 4 is 17.6 Å². The Hall–Kier alpha value is -2.15. The molecule has 1 aromatic rings. The summed E-state index contributed by atoms with van der Waals surface area (Å²) in [6.07, 6.45) is 3.78. The highest BCUT2D eigenvalue weighted by Gasteiger charge is 2.35. The van der Waals surface area contributed by atoms with E-state index >= 15 is 0 Å². The number of hydrogen-bond donors (Lipinski definition) is 3. The molecule has 21 heavy (non-hydrogen) atoms. The van der Waals surface area contributed by atoms with Gasteiger partial charge >= 0.3 is 0 Å². The largest absolute Gasteiger partial charge is 0.353 e. The summed E-state index contributed by atoms with van der Waals surface area (Å²) in [5.74, 6) is 6.20. The number of carbonyl (C=O) groups is 2. The maximum atomic E-state index is 12.6. The molecule has 2 aliphatic heterocycles. The van der Waals surface area contributed by atoms with Crippen LogP contribution in [0.3, 0.4) is 0 Å². The van der Waals surface area contributed by atoms with E-state index in [0.717, 1.165) is 12.8 Å². The molecule has 3 heterocycles. The van der Waals surface area contributed by atoms with Crippen molar-refractivity contribution in [3.63, 3.8) is 0 Å². The summed E-state index contributed by atoms with van der Waals surface area (Å²) in [5, 5.41) is 3.02. The van der Waals surface area contributed by atoms with Crippen molar-refractivity contribution in [3.05, 3.63) is 23.9 Å². The predicted molar refractivity (Wildman–Crippen MR) is 77.2 cm³/mol. The fourth-order valence-electron chi connectivity index (χ4n) is 3.16. The third kappa shape index (κ3) is 2.69. The fourth-order valence-corrected chi connectivity index (χ4v) is 3.16. The molecule has 0 aliphatic carbocycles. The number of hydrogen-bond acceptors (Lipinski definition) is 5. The Labute approximate surface area is 122 Å². The van der Waals surface area contributed by atoms with Crippen LogP contribution in [0.5, 0.6) is 0 Å². The predicted octanol–water partition coefficient (Wildman–Crippen LogP) is 0.108. The number of pyridine rings is 1. The third-order valence-electron chi connectivity index (χ3n) is 4.28. The Kier molecular flexibility index (Phi) is 3.74. The summed E-state index contributed by atoms with van der Waals surface area (Å²) in [5.41, 5.74) is 2.95. The average molecular weight is 289 g/mol. The number of rotatable bonds is 2. The summed E-state index contributed by atoms with van der Waals surface area (Å²) in [7, 11) is 0. The SMILES string of the molecule is NNc1ncccc1C(=O)N1CCC2NC(=O)CCC2C1. The van der Waals surface area contributed by atoms with E-state index in [1.54, 1.807) is 18.3 Å². The second kappa shape index (κ2) is 5.69. The number of amides is 2. The zero-order chi connectivity index (χ0) is 14.8. The highest BCUT2D eigenvalue weighted by Crippen LogP contribution is 2.27. The lowest BCUT2D eigenvalue weighted by molar-refractivity contribution is -0.125. The van der Waals surface area contributed by atoms with E-state index in [4.69, 9.17) is 5.84 Å². The number of anilines is 1. The van der Waals surface area contributed by atoms with E-state index in [9.17, 15) is 9.59 Å². The molecule has 3 rings (SSSR count). The monoisotopic (exact) mass is 289 g/mol. The van der Waals surface area contributed by atoms with Crippen LogP contribution in [0.4, 0.5) is 5.82 Å². The second-order valence-corrected chi connectivity index (χ2v) is 5.56. The molecule has 0 saturated carbocycles. The van der Waals surface area contributed by atoms with Gasteiger partial charge in [-0.15, -0.1) is 0 Å². The number of hydrazine groups is 1. The Morgan fingerprint density at radius 2 is 2.33 bits per heavy atom. The first-order valence-electron chi connectivity index (χ1n) is 7.19. The number of fused-ring (bicyclic) bond motifs is 1. The minimum atomic E-state index is -0.0635. The maximum absolute atomic E-state index is 12.6. The lowest BCUT2D eigenvalue weighted by atomic mass is 9.85. The summed E-state index contributed by atoms with van der Waals surface area (Å²) in [6, 6.07) is 3.65. The highest BCUT2D eigenvalue weighted by atomic mass is 16.2. The van der Waals surface area contributed by atoms with Gasteiger partial charge in [0.15, 0.2) is 5.82 Å². The van der Waals surface area contributed by atoms with Crippen molar-refractivity contribution in [2.75, 3.05) is 18.5 Å². The van der Waals surface area contributed by atoms with Gasteiger partial charge in [0.1, 0.15) is 0 Å². The van der Waals surface area contributed by atoms with Crippen LogP contribution >= 0.6 is 0 Å². The zero-order valence-corrected chi connectivity index (χ0v) is 11.7. The van der Waals surface area contributed by atoms with Crippen molar-refractivity contribution in [2.24, 2.45) is 11.8 Å². The molecule has 0 aromatic carbocycles. The van der Waals surface area contributed by atoms with Gasteiger partial charge in [-0.1, -0.05) is 0 Å². The molecule has 2 amide bonds. The summed E-state index contributed by atoms with van der Waals surface area (Å²) < 4.78 is 0. The number of aromatic nitrogens is 1. The quantitative estimate of drug-likeness (QED) is 0.530. The van der Waals surface area contributed by atoms with Gasteiger partial charge in [0, 0.05) is 31.7 Å². The Morgan fingerprint density at radius 3 is 3.14 bits per heavy atom. The average Bonchev–Trinajstić information content (AvgIpc) is 2.53. The van der Waals surface area contributed by atoms with E-state index in [1.165, 1.54) is 0 Å². The lowest BCUT2D eigenvalue weighted by Gasteiger charge is -2.41. The molecule has 0 bridgehead atoms. The van der Waals surface area contributed by atoms with E-state index in [0.29, 0.717) is 36.8 Å². The normalized spacial score (nSPS) is 25.0. The minimum absolute atomic E-state index is 0.0635. The first kappa shape index (κ1) is 13.8. The highest BCUT2D eigenvalue weighted by molar-refractivity contribution is 5.98. The van der Waals surface area contributed by atoms with Crippen molar-refractivity contribution in [2.45, 2.75) is 25.3 Å². The molecule has 2 fully saturated rings. The third-order valence-corrected chi connectivity index (χ3v) is 4.28. The van der Waals surface area contributed by atoms with Crippen LogP contribution in [0.2, 0.25) is 0 Å². The van der Waals surface area contributed by atoms with Crippen molar-refractivity contribution in [1.29, 1.82) is 0 Å². The molecule has 0 spiro atoms. The van der Waals surface area contributed by atoms with E-state index in [1.807, 2.05) is 4.90 Å². The van der Waals surface area contributed by atoms with Crippen LogP contribution in [0.25, 0.3) is 0 Å². The van der Waals surface area contributed by atoms with Gasteiger partial charge in [0.05, 0.1) is 5.56 Å². The number of nitrogens with zero attached hydrogens (tertiary/aromatic N) is 2. The van der Waals surface area contributed by atoms with Crippen molar-refractivity contribution in [3.8, 4) is 0 Å². The standard InChI is InChI=1S/C14H19N5O2/c15-18-13-10(2-1-6-16-13)14(21)19-7-5-11-9(8-19)3-4-12(20)17-11/h1-2,6,9,11H,3-5,7-8,15H2,(H,16,18)(H,17,20). The molecular weight excluding hydrogens is 270 g/mol. The first-order valence-corrected chi connectivity index (χ1v) is 7.19. The molecule has 7 heteroatoms.